The number of rotatable bonds is 4. The molecule has 1 saturated heterocycles. The Labute approximate surface area is 110 Å². The predicted molar refractivity (Wildman–Crippen MR) is 64.8 cm³/mol. The van der Waals surface area contributed by atoms with Crippen molar-refractivity contribution >= 4 is 17.5 Å². The first-order valence-corrected chi connectivity index (χ1v) is 5.87. The molecule has 1 aliphatic heterocycles. The average Bonchev–Trinajstić information content (AvgIpc) is 2.65. The zero-order chi connectivity index (χ0) is 13.2. The van der Waals surface area contributed by atoms with Crippen molar-refractivity contribution < 1.29 is 14.2 Å². The Morgan fingerprint density at radius 1 is 1.44 bits per heavy atom. The number of aromatic nitrogens is 3. The smallest absolute Gasteiger partial charge is 0.322 e. The first-order chi connectivity index (χ1) is 8.48. The number of nitrogens with zero attached hydrogens (tertiary/aromatic N) is 3. The van der Waals surface area contributed by atoms with Gasteiger partial charge in [-0.15, -0.1) is 0 Å². The third-order valence-corrected chi connectivity index (χ3v) is 2.49. The zero-order valence-corrected chi connectivity index (χ0v) is 11.2. The first kappa shape index (κ1) is 13.3. The van der Waals surface area contributed by atoms with Gasteiger partial charge in [-0.2, -0.15) is 15.0 Å². The van der Waals surface area contributed by atoms with Gasteiger partial charge in [0.05, 0.1) is 13.7 Å². The fourth-order valence-corrected chi connectivity index (χ4v) is 1.72. The molecule has 100 valence electrons. The molecule has 1 aromatic rings. The van der Waals surface area contributed by atoms with E-state index in [-0.39, 0.29) is 17.4 Å². The van der Waals surface area contributed by atoms with Crippen LogP contribution in [0.5, 0.6) is 6.01 Å². The lowest BCUT2D eigenvalue weighted by molar-refractivity contribution is -0.136. The normalized spacial score (nSPS) is 21.9. The Bertz CT molecular complexity index is 430. The Morgan fingerprint density at radius 3 is 2.83 bits per heavy atom. The summed E-state index contributed by atoms with van der Waals surface area (Å²) < 4.78 is 16.0. The zero-order valence-electron chi connectivity index (χ0n) is 10.4. The van der Waals surface area contributed by atoms with Crippen molar-refractivity contribution in [2.75, 3.05) is 25.6 Å². The van der Waals surface area contributed by atoms with Crippen LogP contribution in [0.15, 0.2) is 0 Å². The van der Waals surface area contributed by atoms with E-state index < -0.39 is 5.79 Å². The van der Waals surface area contributed by atoms with Crippen molar-refractivity contribution in [1.29, 1.82) is 0 Å². The average molecular weight is 275 g/mol. The molecular weight excluding hydrogens is 260 g/mol. The standard InChI is InChI=1S/C10H15ClN4O3/c1-10(2)17-5-6(18-10)4-12-8-13-7(11)14-9(15-8)16-3/h6H,4-5H2,1-3H3,(H,12,13,14,15). The summed E-state index contributed by atoms with van der Waals surface area (Å²) in [5, 5.41) is 3.09. The lowest BCUT2D eigenvalue weighted by Crippen LogP contribution is -2.26. The summed E-state index contributed by atoms with van der Waals surface area (Å²) in [7, 11) is 1.46. The minimum absolute atomic E-state index is 0.0541. The molecule has 7 nitrogen and oxygen atoms in total. The Morgan fingerprint density at radius 2 is 2.22 bits per heavy atom. The van der Waals surface area contributed by atoms with Crippen LogP contribution < -0.4 is 10.1 Å². The van der Waals surface area contributed by atoms with Crippen molar-refractivity contribution in [3.8, 4) is 6.01 Å². The molecule has 0 saturated carbocycles. The highest BCUT2D eigenvalue weighted by Gasteiger charge is 2.32. The van der Waals surface area contributed by atoms with Gasteiger partial charge in [0.2, 0.25) is 11.2 Å². The number of halogens is 1. The molecule has 1 aliphatic rings. The summed E-state index contributed by atoms with van der Waals surface area (Å²) >= 11 is 5.73. The Balaban J connectivity index is 1.92. The summed E-state index contributed by atoms with van der Waals surface area (Å²) in [5.74, 6) is -0.194. The van der Waals surface area contributed by atoms with E-state index in [0.29, 0.717) is 19.1 Å². The third kappa shape index (κ3) is 3.41. The van der Waals surface area contributed by atoms with Crippen molar-refractivity contribution in [2.24, 2.45) is 0 Å². The summed E-state index contributed by atoms with van der Waals surface area (Å²) in [4.78, 5) is 11.7. The van der Waals surface area contributed by atoms with Crippen LogP contribution in [-0.2, 0) is 9.47 Å². The minimum Gasteiger partial charge on any atom is -0.467 e. The van der Waals surface area contributed by atoms with Crippen LogP contribution in [-0.4, -0.2) is 47.1 Å². The van der Waals surface area contributed by atoms with E-state index in [2.05, 4.69) is 20.3 Å². The molecule has 18 heavy (non-hydrogen) atoms. The fourth-order valence-electron chi connectivity index (χ4n) is 1.57. The van der Waals surface area contributed by atoms with Gasteiger partial charge < -0.3 is 19.5 Å². The molecule has 2 heterocycles. The maximum absolute atomic E-state index is 5.73. The highest BCUT2D eigenvalue weighted by Crippen LogP contribution is 2.22. The maximum Gasteiger partial charge on any atom is 0.322 e. The van der Waals surface area contributed by atoms with E-state index in [1.165, 1.54) is 7.11 Å². The number of anilines is 1. The van der Waals surface area contributed by atoms with E-state index in [1.54, 1.807) is 0 Å². The lowest BCUT2D eigenvalue weighted by Gasteiger charge is -2.17. The maximum atomic E-state index is 5.73. The molecule has 0 aromatic carbocycles. The van der Waals surface area contributed by atoms with E-state index in [9.17, 15) is 0 Å². The molecule has 1 unspecified atom stereocenters. The second kappa shape index (κ2) is 5.21. The summed E-state index contributed by atoms with van der Waals surface area (Å²) in [6, 6.07) is 0.168. The molecule has 1 N–H and O–H groups in total. The van der Waals surface area contributed by atoms with Crippen LogP contribution >= 0.6 is 11.6 Å². The van der Waals surface area contributed by atoms with Crippen molar-refractivity contribution in [2.45, 2.75) is 25.7 Å². The molecule has 0 radical (unpaired) electrons. The summed E-state index contributed by atoms with van der Waals surface area (Å²) in [6.45, 7) is 4.79. The van der Waals surface area contributed by atoms with Gasteiger partial charge in [-0.1, -0.05) is 0 Å². The molecule has 0 aliphatic carbocycles. The second-order valence-corrected chi connectivity index (χ2v) is 4.58. The predicted octanol–water partition coefficient (Wildman–Crippen LogP) is 1.10. The Hall–Kier alpha value is -1.18. The van der Waals surface area contributed by atoms with Crippen LogP contribution in [0.1, 0.15) is 13.8 Å². The van der Waals surface area contributed by atoms with Crippen LogP contribution in [0, 0.1) is 0 Å². The van der Waals surface area contributed by atoms with Gasteiger partial charge in [0, 0.05) is 6.54 Å². The topological polar surface area (TPSA) is 78.4 Å². The fraction of sp³-hybridized carbons (Fsp3) is 0.700. The monoisotopic (exact) mass is 274 g/mol. The van der Waals surface area contributed by atoms with E-state index in [0.717, 1.165) is 0 Å². The largest absolute Gasteiger partial charge is 0.467 e. The molecule has 1 aromatic heterocycles. The Kier molecular flexibility index (Phi) is 3.84. The molecule has 1 fully saturated rings. The molecule has 0 bridgehead atoms. The molecule has 1 atom stereocenters. The van der Waals surface area contributed by atoms with Gasteiger partial charge in [0.1, 0.15) is 6.10 Å². The van der Waals surface area contributed by atoms with Gasteiger partial charge in [-0.05, 0) is 25.4 Å². The lowest BCUT2D eigenvalue weighted by atomic mass is 10.4. The van der Waals surface area contributed by atoms with Crippen LogP contribution in [0.4, 0.5) is 5.95 Å². The SMILES string of the molecule is COc1nc(Cl)nc(NCC2COC(C)(C)O2)n1. The third-order valence-electron chi connectivity index (χ3n) is 2.33. The quantitative estimate of drug-likeness (QED) is 0.881. The number of nitrogens with one attached hydrogen (secondary N) is 1. The van der Waals surface area contributed by atoms with Crippen LogP contribution in [0.3, 0.4) is 0 Å². The highest BCUT2D eigenvalue weighted by atomic mass is 35.5. The van der Waals surface area contributed by atoms with Crippen molar-refractivity contribution in [3.63, 3.8) is 0 Å². The number of hydrogen-bond acceptors (Lipinski definition) is 7. The molecule has 0 spiro atoms. The van der Waals surface area contributed by atoms with Gasteiger partial charge in [-0.3, -0.25) is 0 Å². The molecule has 2 rings (SSSR count). The van der Waals surface area contributed by atoms with Gasteiger partial charge in [0.25, 0.3) is 0 Å². The summed E-state index contributed by atoms with van der Waals surface area (Å²) in [5.41, 5.74) is 0. The van der Waals surface area contributed by atoms with Crippen molar-refractivity contribution in [3.05, 3.63) is 5.28 Å². The van der Waals surface area contributed by atoms with E-state index >= 15 is 0 Å². The van der Waals surface area contributed by atoms with E-state index in [1.807, 2.05) is 13.8 Å². The molecule has 0 amide bonds. The van der Waals surface area contributed by atoms with Crippen LogP contribution in [0.25, 0.3) is 0 Å². The summed E-state index contributed by atoms with van der Waals surface area (Å²) in [6.07, 6.45) is -0.0541. The number of methoxy groups -OCH3 is 1. The van der Waals surface area contributed by atoms with Gasteiger partial charge >= 0.3 is 6.01 Å². The highest BCUT2D eigenvalue weighted by molar-refractivity contribution is 6.28. The molecule has 8 heteroatoms. The van der Waals surface area contributed by atoms with Gasteiger partial charge in [-0.25, -0.2) is 0 Å². The minimum atomic E-state index is -0.541. The van der Waals surface area contributed by atoms with Gasteiger partial charge in [0.15, 0.2) is 5.79 Å². The number of hydrogen-bond donors (Lipinski definition) is 1. The van der Waals surface area contributed by atoms with Crippen LogP contribution in [0.2, 0.25) is 5.28 Å². The molecular formula is C10H15ClN4O3. The van der Waals surface area contributed by atoms with E-state index in [4.69, 9.17) is 25.8 Å². The first-order valence-electron chi connectivity index (χ1n) is 5.50. The second-order valence-electron chi connectivity index (χ2n) is 4.25. The van der Waals surface area contributed by atoms with Crippen molar-refractivity contribution in [1.82, 2.24) is 15.0 Å². The number of ether oxygens (including phenoxy) is 3.